The van der Waals surface area contributed by atoms with Gasteiger partial charge in [0.15, 0.2) is 0 Å². The summed E-state index contributed by atoms with van der Waals surface area (Å²) in [4.78, 5) is 0. The zero-order valence-electron chi connectivity index (χ0n) is 7.48. The molecule has 3 aliphatic heterocycles. The van der Waals surface area contributed by atoms with Crippen molar-refractivity contribution >= 4 is 0 Å². The van der Waals surface area contributed by atoms with E-state index in [1.54, 1.807) is 0 Å². The van der Waals surface area contributed by atoms with E-state index in [-0.39, 0.29) is 6.10 Å². The minimum absolute atomic E-state index is 0.233. The summed E-state index contributed by atoms with van der Waals surface area (Å²) >= 11 is 0. The molecule has 0 amide bonds. The van der Waals surface area contributed by atoms with Crippen LogP contribution in [0.15, 0.2) is 0 Å². The lowest BCUT2D eigenvalue weighted by molar-refractivity contribution is 0.0152. The van der Waals surface area contributed by atoms with E-state index in [1.165, 1.54) is 0 Å². The number of ether oxygens (including phenoxy) is 4. The van der Waals surface area contributed by atoms with E-state index in [1.807, 2.05) is 0 Å². The van der Waals surface area contributed by atoms with Crippen molar-refractivity contribution in [3.05, 3.63) is 0 Å². The third kappa shape index (κ3) is 2.40. The Morgan fingerprint density at radius 2 is 1.77 bits per heavy atom. The largest absolute Gasteiger partial charge is 0.373 e. The average molecular weight is 186 g/mol. The molecule has 0 spiro atoms. The molecule has 13 heavy (non-hydrogen) atoms. The zero-order valence-corrected chi connectivity index (χ0v) is 7.48. The van der Waals surface area contributed by atoms with Gasteiger partial charge in [-0.25, -0.2) is 0 Å². The molecular weight excluding hydrogens is 172 g/mol. The molecular formula is C9H14O4. The Bertz CT molecular complexity index is 184. The van der Waals surface area contributed by atoms with Gasteiger partial charge < -0.3 is 18.9 Å². The summed E-state index contributed by atoms with van der Waals surface area (Å²) in [6, 6.07) is 0. The summed E-state index contributed by atoms with van der Waals surface area (Å²) in [5.74, 6) is 0. The molecule has 0 aromatic carbocycles. The monoisotopic (exact) mass is 186 g/mol. The highest BCUT2D eigenvalue weighted by molar-refractivity contribution is 4.86. The maximum atomic E-state index is 5.71. The van der Waals surface area contributed by atoms with E-state index in [9.17, 15) is 0 Å². The summed E-state index contributed by atoms with van der Waals surface area (Å²) in [6.45, 7) is 3.32. The lowest BCUT2D eigenvalue weighted by Gasteiger charge is -2.13. The van der Waals surface area contributed by atoms with Crippen LogP contribution in [0.2, 0.25) is 0 Å². The molecule has 3 saturated heterocycles. The van der Waals surface area contributed by atoms with Gasteiger partial charge in [0.05, 0.1) is 38.6 Å². The highest BCUT2D eigenvalue weighted by atomic mass is 16.6. The molecule has 0 aliphatic carbocycles. The molecule has 0 bridgehead atoms. The van der Waals surface area contributed by atoms with E-state index in [2.05, 4.69) is 0 Å². The van der Waals surface area contributed by atoms with Gasteiger partial charge in [-0.3, -0.25) is 0 Å². The van der Waals surface area contributed by atoms with Gasteiger partial charge in [0.25, 0.3) is 0 Å². The predicted octanol–water partition coefficient (Wildman–Crippen LogP) is -0.0419. The van der Waals surface area contributed by atoms with Crippen molar-refractivity contribution in [2.24, 2.45) is 0 Å². The van der Waals surface area contributed by atoms with Crippen molar-refractivity contribution < 1.29 is 18.9 Å². The highest BCUT2D eigenvalue weighted by Crippen LogP contribution is 2.26. The molecule has 3 aliphatic rings. The third-order valence-corrected chi connectivity index (χ3v) is 2.57. The van der Waals surface area contributed by atoms with Gasteiger partial charge >= 0.3 is 0 Å². The van der Waals surface area contributed by atoms with Crippen LogP contribution in [0.1, 0.15) is 6.42 Å². The summed E-state index contributed by atoms with van der Waals surface area (Å²) < 4.78 is 21.2. The second-order valence-corrected chi connectivity index (χ2v) is 3.89. The fourth-order valence-corrected chi connectivity index (χ4v) is 1.46. The van der Waals surface area contributed by atoms with E-state index in [0.29, 0.717) is 18.3 Å². The smallest absolute Gasteiger partial charge is 0.107 e. The Morgan fingerprint density at radius 1 is 1.08 bits per heavy atom. The summed E-state index contributed by atoms with van der Waals surface area (Å²) in [7, 11) is 0. The zero-order chi connectivity index (χ0) is 8.67. The maximum Gasteiger partial charge on any atom is 0.107 e. The second-order valence-electron chi connectivity index (χ2n) is 3.89. The molecule has 4 heteroatoms. The van der Waals surface area contributed by atoms with E-state index >= 15 is 0 Å². The van der Waals surface area contributed by atoms with Crippen LogP contribution in [0.4, 0.5) is 0 Å². The molecule has 0 saturated carbocycles. The molecule has 4 unspecified atom stereocenters. The van der Waals surface area contributed by atoms with Crippen LogP contribution in [0.3, 0.4) is 0 Å². The van der Waals surface area contributed by atoms with Gasteiger partial charge in [-0.2, -0.15) is 0 Å². The molecule has 3 heterocycles. The van der Waals surface area contributed by atoms with Crippen molar-refractivity contribution in [1.82, 2.24) is 0 Å². The van der Waals surface area contributed by atoms with Crippen molar-refractivity contribution in [1.29, 1.82) is 0 Å². The van der Waals surface area contributed by atoms with Gasteiger partial charge in [-0.15, -0.1) is 0 Å². The second kappa shape index (κ2) is 3.20. The van der Waals surface area contributed by atoms with Gasteiger partial charge in [0.1, 0.15) is 12.2 Å². The lowest BCUT2D eigenvalue weighted by Crippen LogP contribution is -2.24. The van der Waals surface area contributed by atoms with Crippen molar-refractivity contribution in [3.8, 4) is 0 Å². The van der Waals surface area contributed by atoms with E-state index in [0.717, 1.165) is 32.8 Å². The first-order valence-electron chi connectivity index (χ1n) is 4.88. The topological polar surface area (TPSA) is 46.8 Å². The first-order valence-corrected chi connectivity index (χ1v) is 4.88. The maximum absolute atomic E-state index is 5.71. The normalized spacial score (nSPS) is 42.9. The van der Waals surface area contributed by atoms with Crippen LogP contribution in [-0.4, -0.2) is 50.8 Å². The Hall–Kier alpha value is -0.160. The minimum Gasteiger partial charge on any atom is -0.373 e. The van der Waals surface area contributed by atoms with Gasteiger partial charge in [-0.1, -0.05) is 0 Å². The van der Waals surface area contributed by atoms with Crippen LogP contribution >= 0.6 is 0 Å². The molecule has 4 nitrogen and oxygen atoms in total. The Labute approximate surface area is 77.1 Å². The fourth-order valence-electron chi connectivity index (χ4n) is 1.46. The molecule has 74 valence electrons. The summed E-state index contributed by atoms with van der Waals surface area (Å²) in [5.41, 5.74) is 0. The predicted molar refractivity (Wildman–Crippen MR) is 43.6 cm³/mol. The Balaban J connectivity index is 1.42. The van der Waals surface area contributed by atoms with E-state index in [4.69, 9.17) is 18.9 Å². The number of rotatable bonds is 6. The van der Waals surface area contributed by atoms with Crippen LogP contribution < -0.4 is 0 Å². The Morgan fingerprint density at radius 3 is 2.31 bits per heavy atom. The minimum atomic E-state index is 0.233. The van der Waals surface area contributed by atoms with Crippen LogP contribution in [-0.2, 0) is 18.9 Å². The van der Waals surface area contributed by atoms with Crippen LogP contribution in [0, 0.1) is 0 Å². The molecule has 0 aromatic heterocycles. The molecule has 4 atom stereocenters. The van der Waals surface area contributed by atoms with Gasteiger partial charge in [-0.05, 0) is 0 Å². The molecule has 3 fully saturated rings. The first kappa shape index (κ1) is 8.17. The van der Waals surface area contributed by atoms with Crippen LogP contribution in [0.5, 0.6) is 0 Å². The molecule has 0 radical (unpaired) electrons. The van der Waals surface area contributed by atoms with Crippen molar-refractivity contribution in [2.75, 3.05) is 26.4 Å². The highest BCUT2D eigenvalue weighted by Gasteiger charge is 2.39. The van der Waals surface area contributed by atoms with Gasteiger partial charge in [0.2, 0.25) is 0 Å². The summed E-state index contributed by atoms with van der Waals surface area (Å²) in [5, 5.41) is 0. The van der Waals surface area contributed by atoms with E-state index < -0.39 is 0 Å². The number of epoxide rings is 3. The number of hydrogen-bond donors (Lipinski definition) is 0. The molecule has 0 aromatic rings. The third-order valence-electron chi connectivity index (χ3n) is 2.57. The van der Waals surface area contributed by atoms with Crippen molar-refractivity contribution in [2.45, 2.75) is 30.8 Å². The molecule has 3 rings (SSSR count). The first-order chi connectivity index (χ1) is 6.42. The number of hydrogen-bond acceptors (Lipinski definition) is 4. The lowest BCUT2D eigenvalue weighted by atomic mass is 10.1. The SMILES string of the molecule is C1OC1COC(CC1CO1)C1CO1. The van der Waals surface area contributed by atoms with Gasteiger partial charge in [0, 0.05) is 6.42 Å². The van der Waals surface area contributed by atoms with Crippen molar-refractivity contribution in [3.63, 3.8) is 0 Å². The fraction of sp³-hybridized carbons (Fsp3) is 1.00. The summed E-state index contributed by atoms with van der Waals surface area (Å²) in [6.07, 6.45) is 2.31. The Kier molecular flexibility index (Phi) is 2.01. The standard InChI is InChI=1S/C9H14O4/c1(6-2-10-6)8(9-5-13-9)12-4-7-3-11-7/h6-9H,1-5H2. The molecule has 0 N–H and O–H groups in total. The van der Waals surface area contributed by atoms with Crippen LogP contribution in [0.25, 0.3) is 0 Å². The average Bonchev–Trinajstić information content (AvgIpc) is 3.01. The quantitative estimate of drug-likeness (QED) is 0.546.